The van der Waals surface area contributed by atoms with E-state index in [2.05, 4.69) is 10.2 Å². The third-order valence-electron chi connectivity index (χ3n) is 6.48. The van der Waals surface area contributed by atoms with Crippen molar-refractivity contribution in [2.24, 2.45) is 0 Å². The van der Waals surface area contributed by atoms with Gasteiger partial charge in [-0.1, -0.05) is 60.3 Å². The first-order chi connectivity index (χ1) is 18.5. The summed E-state index contributed by atoms with van der Waals surface area (Å²) in [5.74, 6) is 0.737. The van der Waals surface area contributed by atoms with Crippen LogP contribution < -0.4 is 0 Å². The fourth-order valence-electron chi connectivity index (χ4n) is 4.55. The molecule has 5 aromatic rings. The molecule has 192 valence electrons. The average Bonchev–Trinajstić information content (AvgIpc) is 3.72. The number of carbonyl (C=O) groups is 1. The van der Waals surface area contributed by atoms with Gasteiger partial charge in [-0.3, -0.25) is 9.36 Å². The molecular weight excluding hydrogens is 520 g/mol. The highest BCUT2D eigenvalue weighted by molar-refractivity contribution is 7.99. The van der Waals surface area contributed by atoms with Gasteiger partial charge in [0.15, 0.2) is 16.7 Å². The monoisotopic (exact) mass is 544 g/mol. The van der Waals surface area contributed by atoms with Crippen molar-refractivity contribution in [2.75, 3.05) is 18.8 Å². The van der Waals surface area contributed by atoms with Gasteiger partial charge in [-0.05, 0) is 49.2 Å². The van der Waals surface area contributed by atoms with E-state index in [0.717, 1.165) is 23.9 Å². The molecule has 0 spiro atoms. The van der Waals surface area contributed by atoms with Crippen LogP contribution in [0.2, 0.25) is 0 Å². The van der Waals surface area contributed by atoms with Crippen molar-refractivity contribution in [1.29, 1.82) is 0 Å². The number of nitrogens with zero attached hydrogens (tertiary/aromatic N) is 4. The topological polar surface area (TPSA) is 98.3 Å². The van der Waals surface area contributed by atoms with Crippen molar-refractivity contribution < 1.29 is 17.6 Å². The van der Waals surface area contributed by atoms with Crippen LogP contribution in [0.25, 0.3) is 28.0 Å². The van der Waals surface area contributed by atoms with Crippen molar-refractivity contribution in [2.45, 2.75) is 22.9 Å². The Hall–Kier alpha value is -3.73. The Morgan fingerprint density at radius 1 is 0.895 bits per heavy atom. The lowest BCUT2D eigenvalue weighted by Crippen LogP contribution is -2.27. The second-order valence-corrected chi connectivity index (χ2v) is 11.9. The summed E-state index contributed by atoms with van der Waals surface area (Å²) in [6.07, 6.45) is 1.74. The van der Waals surface area contributed by atoms with Crippen LogP contribution in [0.5, 0.6) is 0 Å². The number of para-hydroxylation sites is 2. The summed E-state index contributed by atoms with van der Waals surface area (Å²) in [6.45, 7) is 1.07. The third-order valence-corrected chi connectivity index (χ3v) is 9.30. The van der Waals surface area contributed by atoms with E-state index < -0.39 is 10.0 Å². The SMILES string of the molecule is O=C(CSc1nnc(-c2cccc(S(=O)(=O)N3CCCC3)c2)n1-c1ccccc1)c1cc2ccccc2o1. The van der Waals surface area contributed by atoms with Crippen LogP contribution in [-0.2, 0) is 10.0 Å². The highest BCUT2D eigenvalue weighted by Gasteiger charge is 2.28. The molecule has 1 fully saturated rings. The lowest BCUT2D eigenvalue weighted by molar-refractivity contribution is 0.0994. The van der Waals surface area contributed by atoms with Gasteiger partial charge >= 0.3 is 0 Å². The second kappa shape index (κ2) is 10.2. The van der Waals surface area contributed by atoms with E-state index in [1.165, 1.54) is 16.1 Å². The summed E-state index contributed by atoms with van der Waals surface area (Å²) >= 11 is 1.25. The van der Waals surface area contributed by atoms with Crippen molar-refractivity contribution in [3.8, 4) is 17.1 Å². The summed E-state index contributed by atoms with van der Waals surface area (Å²) in [4.78, 5) is 13.2. The minimum Gasteiger partial charge on any atom is -0.453 e. The Morgan fingerprint density at radius 2 is 1.66 bits per heavy atom. The zero-order valence-electron chi connectivity index (χ0n) is 20.4. The number of benzene rings is 3. The summed E-state index contributed by atoms with van der Waals surface area (Å²) in [5.41, 5.74) is 2.09. The smallest absolute Gasteiger partial charge is 0.243 e. The fourth-order valence-corrected chi connectivity index (χ4v) is 6.94. The fraction of sp³-hybridized carbons (Fsp3) is 0.179. The van der Waals surface area contributed by atoms with E-state index in [1.54, 1.807) is 24.3 Å². The van der Waals surface area contributed by atoms with Gasteiger partial charge in [0.1, 0.15) is 5.58 Å². The first-order valence-corrected chi connectivity index (χ1v) is 14.7. The number of aromatic nitrogens is 3. The van der Waals surface area contributed by atoms with Gasteiger partial charge < -0.3 is 4.42 Å². The quantitative estimate of drug-likeness (QED) is 0.189. The Labute approximate surface area is 224 Å². The number of Topliss-reactive ketones (excluding diaryl/α,β-unsaturated/α-hetero) is 1. The number of hydrogen-bond donors (Lipinski definition) is 0. The number of furan rings is 1. The molecule has 0 N–H and O–H groups in total. The molecule has 1 saturated heterocycles. The highest BCUT2D eigenvalue weighted by Crippen LogP contribution is 2.31. The van der Waals surface area contributed by atoms with Crippen LogP contribution in [0, 0.1) is 0 Å². The molecule has 6 rings (SSSR count). The van der Waals surface area contributed by atoms with E-state index in [1.807, 2.05) is 65.2 Å². The zero-order chi connectivity index (χ0) is 26.1. The molecule has 10 heteroatoms. The van der Waals surface area contributed by atoms with E-state index in [4.69, 9.17) is 4.42 Å². The molecule has 0 bridgehead atoms. The highest BCUT2D eigenvalue weighted by atomic mass is 32.2. The van der Waals surface area contributed by atoms with Crippen LogP contribution in [0.4, 0.5) is 0 Å². The molecular formula is C28H24N4O4S2. The molecule has 0 aliphatic carbocycles. The first kappa shape index (κ1) is 24.6. The predicted octanol–water partition coefficient (Wildman–Crippen LogP) is 5.44. The Bertz CT molecular complexity index is 1690. The molecule has 0 amide bonds. The minimum atomic E-state index is -3.59. The number of thioether (sulfide) groups is 1. The van der Waals surface area contributed by atoms with Crippen LogP contribution in [-0.4, -0.2) is 52.1 Å². The molecule has 1 aliphatic heterocycles. The van der Waals surface area contributed by atoms with E-state index in [-0.39, 0.29) is 16.4 Å². The molecule has 3 heterocycles. The second-order valence-electron chi connectivity index (χ2n) is 8.98. The normalized spacial score (nSPS) is 14.3. The number of sulfonamides is 1. The van der Waals surface area contributed by atoms with Crippen LogP contribution >= 0.6 is 11.8 Å². The van der Waals surface area contributed by atoms with Gasteiger partial charge in [0, 0.05) is 29.7 Å². The molecule has 38 heavy (non-hydrogen) atoms. The lowest BCUT2D eigenvalue weighted by atomic mass is 10.2. The number of ketones is 1. The Kier molecular flexibility index (Phi) is 6.61. The summed E-state index contributed by atoms with van der Waals surface area (Å²) in [5, 5.41) is 10.2. The molecule has 3 aromatic carbocycles. The van der Waals surface area contributed by atoms with Gasteiger partial charge in [0.2, 0.25) is 15.8 Å². The van der Waals surface area contributed by atoms with Crippen LogP contribution in [0.3, 0.4) is 0 Å². The van der Waals surface area contributed by atoms with Gasteiger partial charge in [-0.15, -0.1) is 10.2 Å². The average molecular weight is 545 g/mol. The number of rotatable bonds is 8. The predicted molar refractivity (Wildman–Crippen MR) is 146 cm³/mol. The van der Waals surface area contributed by atoms with Crippen molar-refractivity contribution in [3.63, 3.8) is 0 Å². The Balaban J connectivity index is 1.33. The van der Waals surface area contributed by atoms with E-state index >= 15 is 0 Å². The molecule has 2 aromatic heterocycles. The maximum absolute atomic E-state index is 13.2. The van der Waals surface area contributed by atoms with Crippen molar-refractivity contribution in [1.82, 2.24) is 19.1 Å². The van der Waals surface area contributed by atoms with Crippen LogP contribution in [0.1, 0.15) is 23.4 Å². The molecule has 1 aliphatic rings. The molecule has 8 nitrogen and oxygen atoms in total. The molecule has 0 radical (unpaired) electrons. The molecule has 0 saturated carbocycles. The number of carbonyl (C=O) groups excluding carboxylic acids is 1. The number of hydrogen-bond acceptors (Lipinski definition) is 7. The first-order valence-electron chi connectivity index (χ1n) is 12.3. The maximum atomic E-state index is 13.2. The van der Waals surface area contributed by atoms with Crippen molar-refractivity contribution >= 4 is 38.5 Å². The maximum Gasteiger partial charge on any atom is 0.243 e. The minimum absolute atomic E-state index is 0.105. The van der Waals surface area contributed by atoms with E-state index in [9.17, 15) is 13.2 Å². The molecule has 0 atom stereocenters. The number of fused-ring (bicyclic) bond motifs is 1. The lowest BCUT2D eigenvalue weighted by Gasteiger charge is -2.16. The van der Waals surface area contributed by atoms with Gasteiger partial charge in [-0.2, -0.15) is 4.31 Å². The van der Waals surface area contributed by atoms with Gasteiger partial charge in [0.25, 0.3) is 0 Å². The Morgan fingerprint density at radius 3 is 2.45 bits per heavy atom. The third kappa shape index (κ3) is 4.66. The molecule has 0 unspecified atom stereocenters. The van der Waals surface area contributed by atoms with Crippen LogP contribution in [0.15, 0.2) is 99.4 Å². The van der Waals surface area contributed by atoms with Gasteiger partial charge in [-0.25, -0.2) is 8.42 Å². The summed E-state index contributed by atoms with van der Waals surface area (Å²) in [7, 11) is -3.59. The summed E-state index contributed by atoms with van der Waals surface area (Å²) in [6, 6.07) is 25.6. The van der Waals surface area contributed by atoms with Crippen molar-refractivity contribution in [3.05, 3.63) is 90.7 Å². The largest absolute Gasteiger partial charge is 0.453 e. The summed E-state index contributed by atoms with van der Waals surface area (Å²) < 4.78 is 35.5. The zero-order valence-corrected chi connectivity index (χ0v) is 22.0. The van der Waals surface area contributed by atoms with Gasteiger partial charge in [0.05, 0.1) is 10.6 Å². The van der Waals surface area contributed by atoms with E-state index in [0.29, 0.717) is 41.0 Å². The standard InChI is InChI=1S/C28H24N4O4S2/c33-24(26-18-20-9-4-5-14-25(20)36-26)19-37-28-30-29-27(32(28)22-11-2-1-3-12-22)21-10-8-13-23(17-21)38(34,35)31-15-6-7-16-31/h1-5,8-14,17-18H,6-7,15-16,19H2.